The normalized spacial score (nSPS) is 10.7. The predicted octanol–water partition coefficient (Wildman–Crippen LogP) is 2.27. The van der Waals surface area contributed by atoms with Gasteiger partial charge in [0.05, 0.1) is 15.1 Å². The van der Waals surface area contributed by atoms with Crippen molar-refractivity contribution in [3.63, 3.8) is 0 Å². The molecule has 0 saturated carbocycles. The molecular weight excluding hydrogens is 268 g/mol. The highest BCUT2D eigenvalue weighted by Gasteiger charge is 2.18. The van der Waals surface area contributed by atoms with Crippen LogP contribution < -0.4 is 11.3 Å². The minimum atomic E-state index is -0.101. The van der Waals surface area contributed by atoms with Crippen molar-refractivity contribution in [3.05, 3.63) is 39.5 Å². The van der Waals surface area contributed by atoms with E-state index < -0.39 is 0 Å². The third-order valence-corrected chi connectivity index (χ3v) is 4.17. The topological polar surface area (TPSA) is 80.9 Å². The van der Waals surface area contributed by atoms with Crippen LogP contribution in [-0.4, -0.2) is 15.8 Å². The van der Waals surface area contributed by atoms with Gasteiger partial charge in [-0.3, -0.25) is 10.2 Å². The second kappa shape index (κ2) is 4.45. The largest absolute Gasteiger partial charge is 0.292 e. The first kappa shape index (κ1) is 11.3. The van der Waals surface area contributed by atoms with Crippen molar-refractivity contribution < 1.29 is 4.79 Å². The molecule has 7 heteroatoms. The molecule has 0 amide bonds. The van der Waals surface area contributed by atoms with Crippen LogP contribution in [0.3, 0.4) is 0 Å². The van der Waals surface area contributed by atoms with E-state index in [-0.39, 0.29) is 11.7 Å². The van der Waals surface area contributed by atoms with Crippen molar-refractivity contribution in [2.75, 3.05) is 5.43 Å². The minimum Gasteiger partial charge on any atom is -0.292 e. The number of rotatable bonds is 3. The number of hydrazine groups is 1. The Bertz CT molecular complexity index is 705. The molecule has 0 saturated heterocycles. The molecule has 5 nitrogen and oxygen atoms in total. The Labute approximate surface area is 110 Å². The summed E-state index contributed by atoms with van der Waals surface area (Å²) in [5, 5.41) is 3.74. The quantitative estimate of drug-likeness (QED) is 0.436. The lowest BCUT2D eigenvalue weighted by molar-refractivity contribution is 0.104. The summed E-state index contributed by atoms with van der Waals surface area (Å²) in [7, 11) is 0. The Kier molecular flexibility index (Phi) is 2.78. The molecule has 0 unspecified atom stereocenters. The Hall–Kier alpha value is -1.83. The van der Waals surface area contributed by atoms with Crippen molar-refractivity contribution in [2.24, 2.45) is 5.84 Å². The van der Waals surface area contributed by atoms with Crippen molar-refractivity contribution in [1.29, 1.82) is 0 Å². The highest BCUT2D eigenvalue weighted by Crippen LogP contribution is 2.26. The van der Waals surface area contributed by atoms with Crippen LogP contribution >= 0.6 is 22.7 Å². The molecule has 0 aromatic carbocycles. The van der Waals surface area contributed by atoms with Gasteiger partial charge in [-0.25, -0.2) is 15.8 Å². The van der Waals surface area contributed by atoms with Gasteiger partial charge in [-0.2, -0.15) is 0 Å². The molecule has 0 fully saturated rings. The molecule has 3 rings (SSSR count). The van der Waals surface area contributed by atoms with Gasteiger partial charge in [0.1, 0.15) is 5.69 Å². The number of nitrogens with one attached hydrogen (secondary N) is 1. The molecule has 0 radical (unpaired) electrons. The average Bonchev–Trinajstić information content (AvgIpc) is 3.07. The van der Waals surface area contributed by atoms with Crippen molar-refractivity contribution >= 4 is 44.6 Å². The number of nitrogen functional groups attached to an aromatic ring is 1. The molecule has 0 aliphatic carbocycles. The smallest absolute Gasteiger partial charge is 0.238 e. The maximum Gasteiger partial charge on any atom is 0.238 e. The number of fused-ring (bicyclic) bond motifs is 1. The lowest BCUT2D eigenvalue weighted by atomic mass is 10.2. The van der Waals surface area contributed by atoms with Gasteiger partial charge in [-0.05, 0) is 22.9 Å². The fourth-order valence-electron chi connectivity index (χ4n) is 1.61. The third kappa shape index (κ3) is 1.78. The van der Waals surface area contributed by atoms with Crippen LogP contribution in [0.1, 0.15) is 15.4 Å². The van der Waals surface area contributed by atoms with Crippen LogP contribution in [-0.2, 0) is 0 Å². The Morgan fingerprint density at radius 3 is 2.83 bits per heavy atom. The lowest BCUT2D eigenvalue weighted by Crippen LogP contribution is -2.13. The van der Waals surface area contributed by atoms with Gasteiger partial charge in [0.25, 0.3) is 0 Å². The molecule has 0 aliphatic heterocycles. The number of carbonyl (C=O) groups is 1. The molecule has 18 heavy (non-hydrogen) atoms. The minimum absolute atomic E-state index is 0.101. The predicted molar refractivity (Wildman–Crippen MR) is 73.0 cm³/mol. The van der Waals surface area contributed by atoms with Gasteiger partial charge in [0.2, 0.25) is 11.7 Å². The summed E-state index contributed by atoms with van der Waals surface area (Å²) in [6, 6.07) is 5.46. The van der Waals surface area contributed by atoms with E-state index in [1.165, 1.54) is 22.7 Å². The number of thiophene rings is 2. The number of nitrogens with zero attached hydrogens (tertiary/aromatic N) is 2. The van der Waals surface area contributed by atoms with Crippen LogP contribution in [0.4, 0.5) is 5.95 Å². The number of nitrogens with two attached hydrogens (primary N) is 1. The summed E-state index contributed by atoms with van der Waals surface area (Å²) in [5.41, 5.74) is 3.50. The van der Waals surface area contributed by atoms with E-state index in [1.807, 2.05) is 22.9 Å². The summed E-state index contributed by atoms with van der Waals surface area (Å²) in [6.07, 6.45) is 0. The number of hydrogen-bond acceptors (Lipinski definition) is 7. The maximum absolute atomic E-state index is 12.3. The number of ketones is 1. The Morgan fingerprint density at radius 1 is 1.22 bits per heavy atom. The highest BCUT2D eigenvalue weighted by atomic mass is 32.1. The summed E-state index contributed by atoms with van der Waals surface area (Å²) in [4.78, 5) is 21.4. The van der Waals surface area contributed by atoms with E-state index in [4.69, 9.17) is 5.84 Å². The molecule has 3 N–H and O–H groups in total. The number of anilines is 1. The zero-order valence-corrected chi connectivity index (χ0v) is 10.7. The van der Waals surface area contributed by atoms with Crippen molar-refractivity contribution in [1.82, 2.24) is 9.97 Å². The first-order valence-corrected chi connectivity index (χ1v) is 6.85. The number of carbonyl (C=O) groups excluding carboxylic acids is 1. The lowest BCUT2D eigenvalue weighted by Gasteiger charge is -2.03. The maximum atomic E-state index is 12.3. The van der Waals surface area contributed by atoms with Gasteiger partial charge in [0, 0.05) is 0 Å². The monoisotopic (exact) mass is 276 g/mol. The van der Waals surface area contributed by atoms with Gasteiger partial charge in [-0.1, -0.05) is 6.07 Å². The van der Waals surface area contributed by atoms with E-state index in [2.05, 4.69) is 15.4 Å². The van der Waals surface area contributed by atoms with Crippen molar-refractivity contribution in [2.45, 2.75) is 0 Å². The average molecular weight is 276 g/mol. The fourth-order valence-corrected chi connectivity index (χ4v) is 3.09. The van der Waals surface area contributed by atoms with E-state index in [1.54, 1.807) is 6.07 Å². The first-order valence-electron chi connectivity index (χ1n) is 5.09. The molecule has 3 heterocycles. The Morgan fingerprint density at radius 2 is 2.11 bits per heavy atom. The standard InChI is InChI=1S/C11H8N4OS2/c12-15-11-13-6-3-5-18-10(6)8(14-11)9(16)7-2-1-4-17-7/h1-5H,12H2,(H,13,14,15). The molecule has 0 atom stereocenters. The molecule has 0 bridgehead atoms. The van der Waals surface area contributed by atoms with Crippen LogP contribution in [0, 0.1) is 0 Å². The summed E-state index contributed by atoms with van der Waals surface area (Å²) in [5.74, 6) is 5.47. The number of aromatic nitrogens is 2. The van der Waals surface area contributed by atoms with Gasteiger partial charge in [-0.15, -0.1) is 22.7 Å². The van der Waals surface area contributed by atoms with E-state index in [9.17, 15) is 4.79 Å². The highest BCUT2D eigenvalue weighted by molar-refractivity contribution is 7.17. The first-order chi connectivity index (χ1) is 8.79. The van der Waals surface area contributed by atoms with Gasteiger partial charge < -0.3 is 0 Å². The second-order valence-electron chi connectivity index (χ2n) is 3.48. The van der Waals surface area contributed by atoms with Gasteiger partial charge in [0.15, 0.2) is 0 Å². The van der Waals surface area contributed by atoms with Crippen LogP contribution in [0.15, 0.2) is 29.0 Å². The molecule has 0 spiro atoms. The zero-order chi connectivity index (χ0) is 12.5. The third-order valence-electron chi connectivity index (χ3n) is 2.39. The van der Waals surface area contributed by atoms with E-state index >= 15 is 0 Å². The summed E-state index contributed by atoms with van der Waals surface area (Å²) in [6.45, 7) is 0. The fraction of sp³-hybridized carbons (Fsp3) is 0. The summed E-state index contributed by atoms with van der Waals surface area (Å²) >= 11 is 2.84. The molecule has 90 valence electrons. The van der Waals surface area contributed by atoms with Crippen LogP contribution in [0.2, 0.25) is 0 Å². The SMILES string of the molecule is NNc1nc(C(=O)c2cccs2)c2sccc2n1. The van der Waals surface area contributed by atoms with Crippen molar-refractivity contribution in [3.8, 4) is 0 Å². The zero-order valence-electron chi connectivity index (χ0n) is 9.08. The van der Waals surface area contributed by atoms with Crippen LogP contribution in [0.5, 0.6) is 0 Å². The molecule has 0 aliphatic rings. The Balaban J connectivity index is 2.21. The molecule has 3 aromatic rings. The second-order valence-corrected chi connectivity index (χ2v) is 5.35. The van der Waals surface area contributed by atoms with E-state index in [0.717, 1.165) is 10.2 Å². The molecule has 3 aromatic heterocycles. The molecular formula is C11H8N4OS2. The van der Waals surface area contributed by atoms with Gasteiger partial charge >= 0.3 is 0 Å². The summed E-state index contributed by atoms with van der Waals surface area (Å²) < 4.78 is 0.785. The number of hydrogen-bond donors (Lipinski definition) is 2. The van der Waals surface area contributed by atoms with E-state index in [0.29, 0.717) is 10.6 Å². The van der Waals surface area contributed by atoms with Crippen LogP contribution in [0.25, 0.3) is 10.2 Å².